The molecule has 1 saturated heterocycles. The lowest BCUT2D eigenvalue weighted by atomic mass is 9.92. The molecule has 0 saturated carbocycles. The Labute approximate surface area is 155 Å². The Hall–Kier alpha value is -2.24. The minimum Gasteiger partial charge on any atom is -0.341 e. The molecule has 0 spiro atoms. The van der Waals surface area contributed by atoms with Crippen LogP contribution in [-0.4, -0.2) is 32.8 Å². The van der Waals surface area contributed by atoms with Gasteiger partial charge in [0.05, 0.1) is 5.69 Å². The molecular weight excluding hydrogens is 326 g/mol. The van der Waals surface area contributed by atoms with Crippen molar-refractivity contribution in [2.24, 2.45) is 5.92 Å². The maximum atomic E-state index is 12.2. The van der Waals surface area contributed by atoms with E-state index in [9.17, 15) is 4.79 Å². The van der Waals surface area contributed by atoms with Gasteiger partial charge in [0.15, 0.2) is 0 Å². The van der Waals surface area contributed by atoms with Crippen LogP contribution in [0.3, 0.4) is 0 Å². The first kappa shape index (κ1) is 18.5. The summed E-state index contributed by atoms with van der Waals surface area (Å²) in [5, 5.41) is 4.60. The van der Waals surface area contributed by atoms with E-state index in [4.69, 9.17) is 0 Å². The summed E-state index contributed by atoms with van der Waals surface area (Å²) >= 11 is 0. The molecule has 0 amide bonds. The van der Waals surface area contributed by atoms with Gasteiger partial charge >= 0.3 is 0 Å². The van der Waals surface area contributed by atoms with Crippen LogP contribution in [0.15, 0.2) is 23.0 Å². The van der Waals surface area contributed by atoms with Crippen molar-refractivity contribution in [3.05, 3.63) is 45.6 Å². The number of aromatic nitrogens is 4. The van der Waals surface area contributed by atoms with E-state index >= 15 is 0 Å². The van der Waals surface area contributed by atoms with Gasteiger partial charge in [-0.1, -0.05) is 20.8 Å². The molecule has 1 aliphatic rings. The summed E-state index contributed by atoms with van der Waals surface area (Å²) in [5.74, 6) is 1.28. The molecule has 2 aromatic heterocycles. The summed E-state index contributed by atoms with van der Waals surface area (Å²) in [6.45, 7) is 12.9. The molecular formula is C20H29N5O. The van der Waals surface area contributed by atoms with Crippen LogP contribution in [0, 0.1) is 19.8 Å². The number of nitrogens with zero attached hydrogens (tertiary/aromatic N) is 5. The highest BCUT2D eigenvalue weighted by molar-refractivity contribution is 5.32. The second-order valence-electron chi connectivity index (χ2n) is 8.37. The van der Waals surface area contributed by atoms with Gasteiger partial charge in [-0.25, -0.2) is 14.6 Å². The summed E-state index contributed by atoms with van der Waals surface area (Å²) in [6.07, 6.45) is 2.04. The summed E-state index contributed by atoms with van der Waals surface area (Å²) in [4.78, 5) is 23.6. The van der Waals surface area contributed by atoms with Crippen molar-refractivity contribution in [2.75, 3.05) is 18.0 Å². The summed E-state index contributed by atoms with van der Waals surface area (Å²) in [7, 11) is 0. The zero-order chi connectivity index (χ0) is 18.9. The third kappa shape index (κ3) is 4.29. The predicted molar refractivity (Wildman–Crippen MR) is 104 cm³/mol. The van der Waals surface area contributed by atoms with Crippen LogP contribution in [-0.2, 0) is 12.0 Å². The molecule has 1 aliphatic heterocycles. The van der Waals surface area contributed by atoms with Gasteiger partial charge < -0.3 is 4.90 Å². The van der Waals surface area contributed by atoms with E-state index in [0.717, 1.165) is 49.0 Å². The fraction of sp³-hybridized carbons (Fsp3) is 0.600. The van der Waals surface area contributed by atoms with Crippen molar-refractivity contribution in [3.63, 3.8) is 0 Å². The lowest BCUT2D eigenvalue weighted by molar-refractivity contribution is 0.328. The molecule has 26 heavy (non-hydrogen) atoms. The van der Waals surface area contributed by atoms with Crippen molar-refractivity contribution >= 4 is 5.95 Å². The average molecular weight is 355 g/mol. The Bertz CT molecular complexity index is 809. The quantitative estimate of drug-likeness (QED) is 0.847. The Morgan fingerprint density at radius 2 is 1.69 bits per heavy atom. The Morgan fingerprint density at radius 3 is 2.27 bits per heavy atom. The fourth-order valence-electron chi connectivity index (χ4n) is 3.39. The molecule has 0 unspecified atom stereocenters. The summed E-state index contributed by atoms with van der Waals surface area (Å²) < 4.78 is 1.65. The van der Waals surface area contributed by atoms with Gasteiger partial charge in [0, 0.05) is 42.5 Å². The molecule has 0 N–H and O–H groups in total. The minimum atomic E-state index is -0.0564. The molecule has 6 heteroatoms. The van der Waals surface area contributed by atoms with E-state index < -0.39 is 0 Å². The van der Waals surface area contributed by atoms with Gasteiger partial charge in [0.25, 0.3) is 5.56 Å². The van der Waals surface area contributed by atoms with Crippen LogP contribution >= 0.6 is 0 Å². The van der Waals surface area contributed by atoms with E-state index in [1.165, 1.54) is 0 Å². The van der Waals surface area contributed by atoms with Gasteiger partial charge in [-0.3, -0.25) is 4.79 Å². The minimum absolute atomic E-state index is 0.0157. The van der Waals surface area contributed by atoms with Crippen molar-refractivity contribution in [2.45, 2.75) is 59.4 Å². The molecule has 0 aromatic carbocycles. The van der Waals surface area contributed by atoms with E-state index in [0.29, 0.717) is 12.5 Å². The molecule has 0 aliphatic carbocycles. The highest BCUT2D eigenvalue weighted by Gasteiger charge is 2.23. The predicted octanol–water partition coefficient (Wildman–Crippen LogP) is 2.86. The van der Waals surface area contributed by atoms with Gasteiger partial charge in [-0.05, 0) is 44.7 Å². The first-order valence-corrected chi connectivity index (χ1v) is 9.38. The number of anilines is 1. The first-order valence-electron chi connectivity index (χ1n) is 9.38. The standard InChI is InChI=1S/C20H29N5O/c1-14-12-15(2)22-19(21-14)24-10-8-16(9-11-24)13-25-18(26)7-6-17(23-25)20(3,4)5/h6-7,12,16H,8-11,13H2,1-5H3. The van der Waals surface area contributed by atoms with E-state index in [-0.39, 0.29) is 11.0 Å². The molecule has 0 radical (unpaired) electrons. The second kappa shape index (κ2) is 7.17. The lowest BCUT2D eigenvalue weighted by Gasteiger charge is -2.32. The molecule has 0 atom stereocenters. The van der Waals surface area contributed by atoms with Crippen LogP contribution in [0.4, 0.5) is 5.95 Å². The molecule has 0 bridgehead atoms. The van der Waals surface area contributed by atoms with Crippen LogP contribution in [0.5, 0.6) is 0 Å². The van der Waals surface area contributed by atoms with Crippen LogP contribution in [0.1, 0.15) is 50.7 Å². The Balaban J connectivity index is 1.67. The zero-order valence-corrected chi connectivity index (χ0v) is 16.5. The average Bonchev–Trinajstić information content (AvgIpc) is 2.55. The third-order valence-electron chi connectivity index (χ3n) is 4.93. The zero-order valence-electron chi connectivity index (χ0n) is 16.5. The highest BCUT2D eigenvalue weighted by atomic mass is 16.1. The van der Waals surface area contributed by atoms with Gasteiger partial charge in [-0.2, -0.15) is 5.10 Å². The topological polar surface area (TPSA) is 63.9 Å². The number of hydrogen-bond donors (Lipinski definition) is 0. The molecule has 140 valence electrons. The molecule has 3 rings (SSSR count). The Morgan fingerprint density at radius 1 is 1.08 bits per heavy atom. The molecule has 2 aromatic rings. The summed E-state index contributed by atoms with van der Waals surface area (Å²) in [5.41, 5.74) is 2.89. The van der Waals surface area contributed by atoms with E-state index in [1.807, 2.05) is 26.0 Å². The van der Waals surface area contributed by atoms with E-state index in [1.54, 1.807) is 10.7 Å². The first-order chi connectivity index (χ1) is 12.2. The number of rotatable bonds is 3. The monoisotopic (exact) mass is 355 g/mol. The lowest BCUT2D eigenvalue weighted by Crippen LogP contribution is -2.38. The Kier molecular flexibility index (Phi) is 5.12. The maximum Gasteiger partial charge on any atom is 0.266 e. The third-order valence-corrected chi connectivity index (χ3v) is 4.93. The largest absolute Gasteiger partial charge is 0.341 e. The van der Waals surface area contributed by atoms with E-state index in [2.05, 4.69) is 40.7 Å². The van der Waals surface area contributed by atoms with Gasteiger partial charge in [0.1, 0.15) is 0 Å². The van der Waals surface area contributed by atoms with Crippen LogP contribution in [0.25, 0.3) is 0 Å². The van der Waals surface area contributed by atoms with Gasteiger partial charge in [0.2, 0.25) is 5.95 Å². The normalized spacial score (nSPS) is 16.1. The highest BCUT2D eigenvalue weighted by Crippen LogP contribution is 2.23. The van der Waals surface area contributed by atoms with Crippen molar-refractivity contribution in [1.82, 2.24) is 19.7 Å². The second-order valence-corrected chi connectivity index (χ2v) is 8.37. The molecule has 3 heterocycles. The SMILES string of the molecule is Cc1cc(C)nc(N2CCC(Cn3nc(C(C)(C)C)ccc3=O)CC2)n1. The number of hydrogen-bond acceptors (Lipinski definition) is 5. The van der Waals surface area contributed by atoms with Gasteiger partial charge in [-0.15, -0.1) is 0 Å². The number of piperidine rings is 1. The van der Waals surface area contributed by atoms with Crippen molar-refractivity contribution in [3.8, 4) is 0 Å². The molecule has 6 nitrogen and oxygen atoms in total. The maximum absolute atomic E-state index is 12.2. The van der Waals surface area contributed by atoms with Crippen LogP contribution in [0.2, 0.25) is 0 Å². The fourth-order valence-corrected chi connectivity index (χ4v) is 3.39. The van der Waals surface area contributed by atoms with Crippen molar-refractivity contribution in [1.29, 1.82) is 0 Å². The van der Waals surface area contributed by atoms with Crippen LogP contribution < -0.4 is 10.5 Å². The number of aryl methyl sites for hydroxylation is 2. The molecule has 1 fully saturated rings. The van der Waals surface area contributed by atoms with Crippen molar-refractivity contribution < 1.29 is 0 Å². The smallest absolute Gasteiger partial charge is 0.266 e. The summed E-state index contributed by atoms with van der Waals surface area (Å²) in [6, 6.07) is 5.49.